The molecule has 0 spiro atoms. The zero-order chi connectivity index (χ0) is 17.8. The van der Waals surface area contributed by atoms with Crippen LogP contribution in [0.5, 0.6) is 0 Å². The van der Waals surface area contributed by atoms with Crippen LogP contribution in [0.1, 0.15) is 30.2 Å². The summed E-state index contributed by atoms with van der Waals surface area (Å²) in [6.07, 6.45) is 1.82. The number of hydrogen-bond donors (Lipinski definition) is 1. The van der Waals surface area contributed by atoms with Gasteiger partial charge in [-0.05, 0) is 38.1 Å². The molecule has 1 atom stereocenters. The zero-order valence-electron chi connectivity index (χ0n) is 14.5. The van der Waals surface area contributed by atoms with Crippen LogP contribution in [-0.2, 0) is 6.54 Å². The van der Waals surface area contributed by atoms with Crippen LogP contribution in [0.15, 0.2) is 53.1 Å². The molecule has 2 heterocycles. The summed E-state index contributed by atoms with van der Waals surface area (Å²) in [5.74, 6) is 1.58. The molecule has 0 aliphatic rings. The third-order valence-corrected chi connectivity index (χ3v) is 3.85. The Morgan fingerprint density at radius 1 is 1.28 bits per heavy atom. The predicted octanol–water partition coefficient (Wildman–Crippen LogP) is 3.07. The molecule has 2 amide bonds. The van der Waals surface area contributed by atoms with Crippen LogP contribution >= 0.6 is 0 Å². The maximum Gasteiger partial charge on any atom is 0.318 e. The fraction of sp³-hybridized carbons (Fsp3) is 0.278. The van der Waals surface area contributed by atoms with Crippen molar-refractivity contribution in [3.63, 3.8) is 0 Å². The van der Waals surface area contributed by atoms with Gasteiger partial charge in [0.1, 0.15) is 17.2 Å². The minimum Gasteiger partial charge on any atom is -0.464 e. The first-order chi connectivity index (χ1) is 12.0. The van der Waals surface area contributed by atoms with Gasteiger partial charge in [0.15, 0.2) is 0 Å². The van der Waals surface area contributed by atoms with E-state index in [-0.39, 0.29) is 12.1 Å². The second kappa shape index (κ2) is 7.21. The van der Waals surface area contributed by atoms with E-state index in [0.717, 1.165) is 17.2 Å². The van der Waals surface area contributed by atoms with Crippen molar-refractivity contribution >= 4 is 6.03 Å². The first-order valence-electron chi connectivity index (χ1n) is 8.07. The minimum absolute atomic E-state index is 0.198. The van der Waals surface area contributed by atoms with Gasteiger partial charge < -0.3 is 14.6 Å². The number of benzene rings is 1. The number of urea groups is 1. The fourth-order valence-electron chi connectivity index (χ4n) is 2.43. The molecule has 7 nitrogen and oxygen atoms in total. The van der Waals surface area contributed by atoms with Crippen LogP contribution in [0.25, 0.3) is 5.69 Å². The Bertz CT molecular complexity index is 840. The highest BCUT2D eigenvalue weighted by Crippen LogP contribution is 2.13. The van der Waals surface area contributed by atoms with Gasteiger partial charge in [-0.2, -0.15) is 0 Å². The first kappa shape index (κ1) is 16.8. The molecule has 2 aromatic heterocycles. The average molecular weight is 339 g/mol. The average Bonchev–Trinajstić information content (AvgIpc) is 3.25. The van der Waals surface area contributed by atoms with Gasteiger partial charge >= 0.3 is 6.03 Å². The van der Waals surface area contributed by atoms with Crippen LogP contribution in [0.3, 0.4) is 0 Å². The summed E-state index contributed by atoms with van der Waals surface area (Å²) in [6.45, 7) is 4.16. The summed E-state index contributed by atoms with van der Waals surface area (Å²) in [7, 11) is 1.72. The zero-order valence-corrected chi connectivity index (χ0v) is 14.5. The summed E-state index contributed by atoms with van der Waals surface area (Å²) >= 11 is 0. The van der Waals surface area contributed by atoms with E-state index in [1.54, 1.807) is 16.6 Å². The molecule has 0 saturated carbocycles. The van der Waals surface area contributed by atoms with Crippen LogP contribution < -0.4 is 5.32 Å². The molecule has 130 valence electrons. The van der Waals surface area contributed by atoms with E-state index in [0.29, 0.717) is 12.2 Å². The molecule has 0 fully saturated rings. The van der Waals surface area contributed by atoms with Gasteiger partial charge in [-0.15, -0.1) is 5.10 Å². The van der Waals surface area contributed by atoms with E-state index in [2.05, 4.69) is 15.6 Å². The number of aryl methyl sites for hydroxylation is 1. The van der Waals surface area contributed by atoms with Gasteiger partial charge in [-0.25, -0.2) is 9.48 Å². The second-order valence-electron chi connectivity index (χ2n) is 5.96. The summed E-state index contributed by atoms with van der Waals surface area (Å²) in [5, 5.41) is 11.2. The Morgan fingerprint density at radius 2 is 2.04 bits per heavy atom. The maximum atomic E-state index is 12.3. The molecule has 3 rings (SSSR count). The quantitative estimate of drug-likeness (QED) is 0.775. The first-order valence-corrected chi connectivity index (χ1v) is 8.07. The van der Waals surface area contributed by atoms with Crippen molar-refractivity contribution in [2.24, 2.45) is 0 Å². The number of carbonyl (C=O) groups is 1. The van der Waals surface area contributed by atoms with Gasteiger partial charge in [0, 0.05) is 7.05 Å². The molecule has 3 aromatic rings. The van der Waals surface area contributed by atoms with Gasteiger partial charge in [0.25, 0.3) is 0 Å². The Hall–Kier alpha value is -3.09. The van der Waals surface area contributed by atoms with Gasteiger partial charge in [-0.1, -0.05) is 23.4 Å². The number of furan rings is 1. The second-order valence-corrected chi connectivity index (χ2v) is 5.96. The Kier molecular flexibility index (Phi) is 4.83. The van der Waals surface area contributed by atoms with Gasteiger partial charge in [0.05, 0.1) is 24.5 Å². The third-order valence-electron chi connectivity index (χ3n) is 3.85. The topological polar surface area (TPSA) is 76.2 Å². The predicted molar refractivity (Wildman–Crippen MR) is 93.2 cm³/mol. The molecular weight excluding hydrogens is 318 g/mol. The lowest BCUT2D eigenvalue weighted by atomic mass is 10.2. The van der Waals surface area contributed by atoms with Gasteiger partial charge in [0.2, 0.25) is 0 Å². The Labute approximate surface area is 146 Å². The Morgan fingerprint density at radius 3 is 2.72 bits per heavy atom. The molecular formula is C18H21N5O2. The Balaban J connectivity index is 1.60. The monoisotopic (exact) mass is 339 g/mol. The number of amides is 2. The van der Waals surface area contributed by atoms with E-state index in [4.69, 9.17) is 4.42 Å². The normalized spacial score (nSPS) is 12.0. The van der Waals surface area contributed by atoms with Crippen LogP contribution in [0.2, 0.25) is 0 Å². The van der Waals surface area contributed by atoms with Crippen molar-refractivity contribution in [1.82, 2.24) is 25.2 Å². The molecule has 0 aliphatic heterocycles. The lowest BCUT2D eigenvalue weighted by Crippen LogP contribution is -2.38. The smallest absolute Gasteiger partial charge is 0.318 e. The lowest BCUT2D eigenvalue weighted by molar-refractivity contribution is 0.199. The van der Waals surface area contributed by atoms with Crippen LogP contribution in [0.4, 0.5) is 4.79 Å². The molecule has 0 saturated heterocycles. The molecule has 0 bridgehead atoms. The van der Waals surface area contributed by atoms with Crippen molar-refractivity contribution in [2.45, 2.75) is 26.4 Å². The largest absolute Gasteiger partial charge is 0.464 e. The maximum absolute atomic E-state index is 12.3. The molecule has 7 heteroatoms. The number of hydrogen-bond acceptors (Lipinski definition) is 4. The molecule has 1 N–H and O–H groups in total. The molecule has 0 radical (unpaired) electrons. The number of aromatic nitrogens is 3. The van der Waals surface area contributed by atoms with Crippen molar-refractivity contribution in [2.75, 3.05) is 7.05 Å². The standard InChI is InChI=1S/C18H21N5O2/c1-13-9-10-16(25-13)11-22(3)18(24)19-14(2)17-12-23(21-20-17)15-7-5-4-6-8-15/h4-10,12,14H,11H2,1-3H3,(H,19,24)/t14-/m1/s1. The summed E-state index contributed by atoms with van der Waals surface area (Å²) < 4.78 is 7.19. The third kappa shape index (κ3) is 4.06. The van der Waals surface area contributed by atoms with Crippen molar-refractivity contribution in [3.05, 3.63) is 65.9 Å². The highest BCUT2D eigenvalue weighted by Gasteiger charge is 2.17. The number of nitrogens with one attached hydrogen (secondary N) is 1. The van der Waals surface area contributed by atoms with Crippen LogP contribution in [-0.4, -0.2) is 33.0 Å². The molecule has 0 aliphatic carbocycles. The van der Waals surface area contributed by atoms with Crippen molar-refractivity contribution in [1.29, 1.82) is 0 Å². The summed E-state index contributed by atoms with van der Waals surface area (Å²) in [5.41, 5.74) is 1.62. The van der Waals surface area contributed by atoms with E-state index < -0.39 is 0 Å². The SMILES string of the molecule is Cc1ccc(CN(C)C(=O)N[C@H](C)c2cn(-c3ccccc3)nn2)o1. The highest BCUT2D eigenvalue weighted by atomic mass is 16.3. The van der Waals surface area contributed by atoms with E-state index in [1.807, 2.05) is 62.5 Å². The van der Waals surface area contributed by atoms with Gasteiger partial charge in [-0.3, -0.25) is 0 Å². The molecule has 1 aromatic carbocycles. The van der Waals surface area contributed by atoms with Crippen LogP contribution in [0, 0.1) is 6.92 Å². The number of rotatable bonds is 5. The molecule has 25 heavy (non-hydrogen) atoms. The van der Waals surface area contributed by atoms with E-state index in [1.165, 1.54) is 0 Å². The minimum atomic E-state index is -0.259. The van der Waals surface area contributed by atoms with Crippen molar-refractivity contribution < 1.29 is 9.21 Å². The fourth-order valence-corrected chi connectivity index (χ4v) is 2.43. The summed E-state index contributed by atoms with van der Waals surface area (Å²) in [6, 6.07) is 13.0. The number of para-hydroxylation sites is 1. The lowest BCUT2D eigenvalue weighted by Gasteiger charge is -2.19. The van der Waals surface area contributed by atoms with Crippen molar-refractivity contribution in [3.8, 4) is 5.69 Å². The van der Waals surface area contributed by atoms with E-state index in [9.17, 15) is 4.79 Å². The highest BCUT2D eigenvalue weighted by molar-refractivity contribution is 5.74. The van der Waals surface area contributed by atoms with E-state index >= 15 is 0 Å². The number of carbonyl (C=O) groups excluding carboxylic acids is 1. The molecule has 0 unspecified atom stereocenters. The summed E-state index contributed by atoms with van der Waals surface area (Å²) in [4.78, 5) is 13.9. The number of nitrogens with zero attached hydrogens (tertiary/aromatic N) is 4.